The molecule has 0 amide bonds. The van der Waals surface area contributed by atoms with E-state index in [2.05, 4.69) is 26.5 Å². The van der Waals surface area contributed by atoms with Crippen molar-refractivity contribution in [3.8, 4) is 0 Å². The zero-order valence-corrected chi connectivity index (χ0v) is 15.8. The van der Waals surface area contributed by atoms with Crippen LogP contribution in [0, 0.1) is 17.8 Å². The number of hydrogen-bond donors (Lipinski definition) is 1. The molecule has 4 rings (SSSR count). The third-order valence-electron chi connectivity index (χ3n) is 6.49. The number of hydrogen-bond acceptors (Lipinski definition) is 2. The highest BCUT2D eigenvalue weighted by Gasteiger charge is 2.44. The second-order valence-corrected chi connectivity index (χ2v) is 8.42. The molecule has 3 fully saturated rings. The molecule has 0 spiro atoms. The third kappa shape index (κ3) is 4.01. The van der Waals surface area contributed by atoms with Gasteiger partial charge in [0.2, 0.25) is 0 Å². The Balaban J connectivity index is 1.26. The van der Waals surface area contributed by atoms with Crippen molar-refractivity contribution in [1.29, 1.82) is 0 Å². The van der Waals surface area contributed by atoms with E-state index >= 15 is 0 Å². The number of nitrogens with zero attached hydrogens (tertiary/aromatic N) is 4. The summed E-state index contributed by atoms with van der Waals surface area (Å²) in [6.45, 7) is 2.25. The van der Waals surface area contributed by atoms with Crippen molar-refractivity contribution in [3.63, 3.8) is 0 Å². The molecule has 0 aromatic carbocycles. The van der Waals surface area contributed by atoms with Gasteiger partial charge in [-0.1, -0.05) is 32.1 Å². The van der Waals surface area contributed by atoms with E-state index < -0.39 is 0 Å². The van der Waals surface area contributed by atoms with Crippen molar-refractivity contribution in [2.75, 3.05) is 20.1 Å². The molecule has 0 bridgehead atoms. The Morgan fingerprint density at radius 2 is 2.12 bits per heavy atom. The molecular weight excluding hydrogens is 310 g/mol. The highest BCUT2D eigenvalue weighted by Crippen LogP contribution is 2.44. The summed E-state index contributed by atoms with van der Waals surface area (Å²) in [6, 6.07) is 0.680. The lowest BCUT2D eigenvalue weighted by Gasteiger charge is -2.24. The van der Waals surface area contributed by atoms with Crippen LogP contribution in [0.2, 0.25) is 0 Å². The van der Waals surface area contributed by atoms with E-state index in [0.29, 0.717) is 6.04 Å². The van der Waals surface area contributed by atoms with Crippen LogP contribution in [-0.2, 0) is 13.5 Å². The minimum absolute atomic E-state index is 0.680. The number of aliphatic imine (C=N–C) groups is 1. The zero-order valence-electron chi connectivity index (χ0n) is 15.8. The van der Waals surface area contributed by atoms with Gasteiger partial charge in [-0.2, -0.15) is 5.10 Å². The van der Waals surface area contributed by atoms with Crippen LogP contribution >= 0.6 is 0 Å². The predicted octanol–water partition coefficient (Wildman–Crippen LogP) is 2.83. The number of nitrogens with one attached hydrogen (secondary N) is 1. The van der Waals surface area contributed by atoms with Gasteiger partial charge in [0.25, 0.3) is 0 Å². The Morgan fingerprint density at radius 1 is 1.28 bits per heavy atom. The molecule has 2 heterocycles. The fourth-order valence-electron chi connectivity index (χ4n) is 5.03. The summed E-state index contributed by atoms with van der Waals surface area (Å²) in [5, 5.41) is 8.07. The summed E-state index contributed by atoms with van der Waals surface area (Å²) in [7, 11) is 3.93. The lowest BCUT2D eigenvalue weighted by atomic mass is 9.85. The van der Waals surface area contributed by atoms with Gasteiger partial charge in [0.15, 0.2) is 5.96 Å². The SMILES string of the molecule is CN=C(NC1CC1C1CCCCC1)N1CCC(Cc2cnn(C)c2)C1. The summed E-state index contributed by atoms with van der Waals surface area (Å²) < 4.78 is 1.90. The molecule has 2 saturated carbocycles. The lowest BCUT2D eigenvalue weighted by Crippen LogP contribution is -2.42. The van der Waals surface area contributed by atoms with Gasteiger partial charge in [0.05, 0.1) is 6.20 Å². The summed E-state index contributed by atoms with van der Waals surface area (Å²) in [4.78, 5) is 7.06. The van der Waals surface area contributed by atoms with Gasteiger partial charge < -0.3 is 10.2 Å². The average Bonchev–Trinajstić information content (AvgIpc) is 3.04. The Hall–Kier alpha value is -1.52. The maximum Gasteiger partial charge on any atom is 0.193 e. The highest BCUT2D eigenvalue weighted by molar-refractivity contribution is 5.80. The first-order valence-electron chi connectivity index (χ1n) is 10.2. The molecule has 5 nitrogen and oxygen atoms in total. The van der Waals surface area contributed by atoms with Crippen LogP contribution in [0.25, 0.3) is 0 Å². The van der Waals surface area contributed by atoms with E-state index in [0.717, 1.165) is 43.2 Å². The second-order valence-electron chi connectivity index (χ2n) is 8.42. The van der Waals surface area contributed by atoms with Crippen LogP contribution < -0.4 is 5.32 Å². The molecule has 5 heteroatoms. The third-order valence-corrected chi connectivity index (χ3v) is 6.49. The van der Waals surface area contributed by atoms with Gasteiger partial charge in [-0.15, -0.1) is 0 Å². The monoisotopic (exact) mass is 343 g/mol. The first-order chi connectivity index (χ1) is 12.2. The average molecular weight is 344 g/mol. The van der Waals surface area contributed by atoms with E-state index in [1.165, 1.54) is 50.5 Å². The molecule has 3 atom stereocenters. The summed E-state index contributed by atoms with van der Waals surface area (Å²) in [5.41, 5.74) is 1.36. The number of likely N-dealkylation sites (tertiary alicyclic amines) is 1. The number of aryl methyl sites for hydroxylation is 1. The normalized spacial score (nSPS) is 30.7. The molecule has 1 saturated heterocycles. The van der Waals surface area contributed by atoms with Crippen LogP contribution in [0.4, 0.5) is 0 Å². The first-order valence-corrected chi connectivity index (χ1v) is 10.2. The van der Waals surface area contributed by atoms with Crippen molar-refractivity contribution >= 4 is 5.96 Å². The van der Waals surface area contributed by atoms with Gasteiger partial charge >= 0.3 is 0 Å². The van der Waals surface area contributed by atoms with E-state index in [1.54, 1.807) is 0 Å². The van der Waals surface area contributed by atoms with Crippen molar-refractivity contribution < 1.29 is 0 Å². The van der Waals surface area contributed by atoms with Gasteiger partial charge in [0.1, 0.15) is 0 Å². The Labute approximate surface area is 151 Å². The minimum atomic E-state index is 0.680. The molecular formula is C20H33N5. The fourth-order valence-corrected chi connectivity index (χ4v) is 5.03. The van der Waals surface area contributed by atoms with Crippen LogP contribution in [0.1, 0.15) is 50.5 Å². The number of guanidine groups is 1. The maximum atomic E-state index is 4.59. The van der Waals surface area contributed by atoms with Crippen LogP contribution in [0.5, 0.6) is 0 Å². The largest absolute Gasteiger partial charge is 0.353 e. The molecule has 2 aliphatic carbocycles. The molecule has 3 unspecified atom stereocenters. The zero-order chi connectivity index (χ0) is 17.2. The van der Waals surface area contributed by atoms with Crippen molar-refractivity contribution in [2.24, 2.45) is 29.8 Å². The number of aromatic nitrogens is 2. The topological polar surface area (TPSA) is 45.5 Å². The molecule has 25 heavy (non-hydrogen) atoms. The molecule has 1 aromatic heterocycles. The summed E-state index contributed by atoms with van der Waals surface area (Å²) in [6.07, 6.45) is 15.2. The lowest BCUT2D eigenvalue weighted by molar-refractivity contribution is 0.314. The molecule has 1 aromatic rings. The van der Waals surface area contributed by atoms with Crippen molar-refractivity contribution in [2.45, 2.75) is 57.4 Å². The quantitative estimate of drug-likeness (QED) is 0.675. The predicted molar refractivity (Wildman–Crippen MR) is 102 cm³/mol. The molecule has 1 aliphatic heterocycles. The number of rotatable bonds is 4. The van der Waals surface area contributed by atoms with Crippen LogP contribution in [0.15, 0.2) is 17.4 Å². The van der Waals surface area contributed by atoms with Gasteiger partial charge in [-0.3, -0.25) is 9.67 Å². The van der Waals surface area contributed by atoms with Crippen molar-refractivity contribution in [1.82, 2.24) is 20.0 Å². The molecule has 3 aliphatic rings. The standard InChI is InChI=1S/C20H33N5/c1-21-20(23-19-11-18(19)17-6-4-3-5-7-17)25-9-8-15(14-25)10-16-12-22-24(2)13-16/h12-13,15,17-19H,3-11,14H2,1-2H3,(H,21,23). The van der Waals surface area contributed by atoms with Crippen molar-refractivity contribution in [3.05, 3.63) is 18.0 Å². The summed E-state index contributed by atoms with van der Waals surface area (Å²) >= 11 is 0. The second kappa shape index (κ2) is 7.38. The van der Waals surface area contributed by atoms with E-state index in [-0.39, 0.29) is 0 Å². The van der Waals surface area contributed by atoms with E-state index in [4.69, 9.17) is 0 Å². The molecule has 1 N–H and O–H groups in total. The van der Waals surface area contributed by atoms with Gasteiger partial charge in [-0.05, 0) is 42.6 Å². The smallest absolute Gasteiger partial charge is 0.193 e. The van der Waals surface area contributed by atoms with E-state index in [9.17, 15) is 0 Å². The Bertz CT molecular complexity index is 601. The minimum Gasteiger partial charge on any atom is -0.353 e. The van der Waals surface area contributed by atoms with Gasteiger partial charge in [0, 0.05) is 39.4 Å². The maximum absolute atomic E-state index is 4.59. The van der Waals surface area contributed by atoms with E-state index in [1.807, 2.05) is 25.0 Å². The fraction of sp³-hybridized carbons (Fsp3) is 0.800. The van der Waals surface area contributed by atoms with Crippen LogP contribution in [-0.4, -0.2) is 46.8 Å². The molecule has 0 radical (unpaired) electrons. The summed E-state index contributed by atoms with van der Waals surface area (Å²) in [5.74, 6) is 3.74. The first kappa shape index (κ1) is 16.9. The van der Waals surface area contributed by atoms with Gasteiger partial charge in [-0.25, -0.2) is 0 Å². The van der Waals surface area contributed by atoms with Crippen LogP contribution in [0.3, 0.4) is 0 Å². The Kier molecular flexibility index (Phi) is 5.00. The molecule has 138 valence electrons. The highest BCUT2D eigenvalue weighted by atomic mass is 15.3. The Morgan fingerprint density at radius 3 is 2.84 bits per heavy atom.